The minimum atomic E-state index is -0.765. The largest absolute Gasteiger partial charge is 0.488 e. The number of nitrogens with zero attached hydrogens (tertiary/aromatic N) is 1. The number of carbonyl (C=O) groups is 3. The molecule has 178 valence electrons. The van der Waals surface area contributed by atoms with Gasteiger partial charge in [0.25, 0.3) is 5.91 Å². The Labute approximate surface area is 210 Å². The minimum Gasteiger partial charge on any atom is -0.488 e. The van der Waals surface area contributed by atoms with Crippen LogP contribution < -0.4 is 15.4 Å². The summed E-state index contributed by atoms with van der Waals surface area (Å²) >= 11 is 12.0. The zero-order valence-electron chi connectivity index (χ0n) is 18.1. The summed E-state index contributed by atoms with van der Waals surface area (Å²) in [4.78, 5) is 38.2. The van der Waals surface area contributed by atoms with E-state index in [1.54, 1.807) is 48.5 Å². The zero-order valence-corrected chi connectivity index (χ0v) is 19.6. The van der Waals surface area contributed by atoms with E-state index in [0.29, 0.717) is 21.4 Å². The maximum absolute atomic E-state index is 13.8. The van der Waals surface area contributed by atoms with Gasteiger partial charge in [-0.05, 0) is 42.0 Å². The maximum Gasteiger partial charge on any atom is 0.329 e. The number of anilines is 1. The third-order valence-corrected chi connectivity index (χ3v) is 5.75. The van der Waals surface area contributed by atoms with Gasteiger partial charge in [0.05, 0.1) is 15.7 Å². The molecule has 1 aliphatic heterocycles. The molecule has 7 nitrogen and oxygen atoms in total. The number of imide groups is 1. The SMILES string of the molecule is O=C(CN1C(=O)N/C(=C/c2ccccc2OCc2ccc(Cl)c(Cl)c2)C1=O)Nc1ccccc1F. The number of para-hydroxylation sites is 2. The molecule has 0 bridgehead atoms. The number of benzene rings is 3. The number of carbonyl (C=O) groups excluding carboxylic acids is 3. The molecule has 3 aromatic carbocycles. The summed E-state index contributed by atoms with van der Waals surface area (Å²) < 4.78 is 19.6. The molecule has 0 saturated carbocycles. The lowest BCUT2D eigenvalue weighted by molar-refractivity contribution is -0.127. The molecule has 4 rings (SSSR count). The molecule has 1 aliphatic rings. The summed E-state index contributed by atoms with van der Waals surface area (Å²) in [6.07, 6.45) is 1.46. The first-order valence-corrected chi connectivity index (χ1v) is 11.1. The molecule has 10 heteroatoms. The van der Waals surface area contributed by atoms with Crippen LogP contribution >= 0.6 is 23.2 Å². The maximum atomic E-state index is 13.8. The van der Waals surface area contributed by atoms with Crippen LogP contribution in [0.5, 0.6) is 5.75 Å². The Kier molecular flexibility index (Phi) is 7.33. The number of amides is 4. The Morgan fingerprint density at radius 3 is 2.54 bits per heavy atom. The highest BCUT2D eigenvalue weighted by Gasteiger charge is 2.35. The Morgan fingerprint density at radius 2 is 1.77 bits per heavy atom. The molecule has 35 heavy (non-hydrogen) atoms. The third-order valence-electron chi connectivity index (χ3n) is 5.01. The Bertz CT molecular complexity index is 1350. The number of urea groups is 1. The number of rotatable bonds is 7. The molecule has 0 unspecified atom stereocenters. The molecule has 0 aliphatic carbocycles. The molecular weight excluding hydrogens is 496 g/mol. The van der Waals surface area contributed by atoms with E-state index in [9.17, 15) is 18.8 Å². The van der Waals surface area contributed by atoms with E-state index in [2.05, 4.69) is 10.6 Å². The van der Waals surface area contributed by atoms with Crippen molar-refractivity contribution < 1.29 is 23.5 Å². The second-order valence-corrected chi connectivity index (χ2v) is 8.30. The van der Waals surface area contributed by atoms with Crippen molar-refractivity contribution in [1.29, 1.82) is 0 Å². The highest BCUT2D eigenvalue weighted by molar-refractivity contribution is 6.42. The van der Waals surface area contributed by atoms with Crippen molar-refractivity contribution in [2.24, 2.45) is 0 Å². The van der Waals surface area contributed by atoms with E-state index in [1.165, 1.54) is 24.3 Å². The van der Waals surface area contributed by atoms with Crippen LogP contribution in [0, 0.1) is 5.82 Å². The summed E-state index contributed by atoms with van der Waals surface area (Å²) in [5.74, 6) is -1.58. The van der Waals surface area contributed by atoms with E-state index >= 15 is 0 Å². The van der Waals surface area contributed by atoms with Gasteiger partial charge in [-0.25, -0.2) is 14.1 Å². The van der Waals surface area contributed by atoms with Crippen LogP contribution in [-0.2, 0) is 16.2 Å². The number of hydrogen-bond acceptors (Lipinski definition) is 4. The highest BCUT2D eigenvalue weighted by atomic mass is 35.5. The van der Waals surface area contributed by atoms with Crippen molar-refractivity contribution in [3.05, 3.63) is 99.4 Å². The van der Waals surface area contributed by atoms with Gasteiger partial charge in [-0.3, -0.25) is 9.59 Å². The van der Waals surface area contributed by atoms with Crippen LogP contribution in [0.3, 0.4) is 0 Å². The summed E-state index contributed by atoms with van der Waals surface area (Å²) in [6.45, 7) is -0.383. The van der Waals surface area contributed by atoms with Gasteiger partial charge in [-0.15, -0.1) is 0 Å². The molecule has 1 saturated heterocycles. The van der Waals surface area contributed by atoms with Gasteiger partial charge < -0.3 is 15.4 Å². The molecule has 0 atom stereocenters. The lowest BCUT2D eigenvalue weighted by Gasteiger charge is -2.12. The van der Waals surface area contributed by atoms with E-state index in [0.717, 1.165) is 10.5 Å². The summed E-state index contributed by atoms with van der Waals surface area (Å²) in [7, 11) is 0. The van der Waals surface area contributed by atoms with Crippen molar-refractivity contribution in [3.8, 4) is 5.75 Å². The van der Waals surface area contributed by atoms with Gasteiger partial charge in [0.15, 0.2) is 0 Å². The van der Waals surface area contributed by atoms with Crippen LogP contribution in [0.25, 0.3) is 6.08 Å². The average Bonchev–Trinajstić information content (AvgIpc) is 3.09. The quantitative estimate of drug-likeness (QED) is 0.334. The van der Waals surface area contributed by atoms with E-state index in [-0.39, 0.29) is 18.0 Å². The first-order valence-electron chi connectivity index (χ1n) is 10.4. The fourth-order valence-electron chi connectivity index (χ4n) is 3.29. The van der Waals surface area contributed by atoms with Crippen molar-refractivity contribution in [3.63, 3.8) is 0 Å². The average molecular weight is 514 g/mol. The fraction of sp³-hybridized carbons (Fsp3) is 0.0800. The lowest BCUT2D eigenvalue weighted by atomic mass is 10.1. The minimum absolute atomic E-state index is 0.0284. The van der Waals surface area contributed by atoms with Crippen molar-refractivity contribution in [1.82, 2.24) is 10.2 Å². The molecule has 0 spiro atoms. The number of hydrogen-bond donors (Lipinski definition) is 2. The van der Waals surface area contributed by atoms with Crippen molar-refractivity contribution in [2.45, 2.75) is 6.61 Å². The second-order valence-electron chi connectivity index (χ2n) is 7.48. The predicted molar refractivity (Wildman–Crippen MR) is 130 cm³/mol. The van der Waals surface area contributed by atoms with Gasteiger partial charge >= 0.3 is 6.03 Å². The Hall–Kier alpha value is -3.88. The first-order chi connectivity index (χ1) is 16.8. The van der Waals surface area contributed by atoms with Crippen molar-refractivity contribution >= 4 is 52.8 Å². The van der Waals surface area contributed by atoms with Crippen LogP contribution in [0.15, 0.2) is 72.4 Å². The normalized spacial score (nSPS) is 14.3. The molecule has 0 radical (unpaired) electrons. The number of ether oxygens (including phenoxy) is 1. The van der Waals surface area contributed by atoms with Crippen LogP contribution in [0.1, 0.15) is 11.1 Å². The summed E-state index contributed by atoms with van der Waals surface area (Å²) in [6, 6.07) is 16.9. The van der Waals surface area contributed by atoms with Gasteiger partial charge in [0, 0.05) is 5.56 Å². The summed E-state index contributed by atoms with van der Waals surface area (Å²) in [5.41, 5.74) is 1.25. The molecule has 0 aromatic heterocycles. The summed E-state index contributed by atoms with van der Waals surface area (Å²) in [5, 5.41) is 5.64. The van der Waals surface area contributed by atoms with Crippen molar-refractivity contribution in [2.75, 3.05) is 11.9 Å². The van der Waals surface area contributed by atoms with Gasteiger partial charge in [0.1, 0.15) is 30.4 Å². The van der Waals surface area contributed by atoms with Gasteiger partial charge in [-0.1, -0.05) is 59.6 Å². The fourth-order valence-corrected chi connectivity index (χ4v) is 3.61. The van der Waals surface area contributed by atoms with Gasteiger partial charge in [0.2, 0.25) is 5.91 Å². The van der Waals surface area contributed by atoms with E-state index in [4.69, 9.17) is 27.9 Å². The standard InChI is InChI=1S/C25H18Cl2FN3O4/c26-17-10-9-15(11-18(17)27)14-35-22-8-4-1-5-16(22)12-21-24(33)31(25(34)30-21)13-23(32)29-20-7-3-2-6-19(20)28/h1-12H,13-14H2,(H,29,32)(H,30,34)/b21-12+. The molecule has 1 heterocycles. The van der Waals surface area contributed by atoms with Gasteiger partial charge in [-0.2, -0.15) is 0 Å². The number of nitrogens with one attached hydrogen (secondary N) is 2. The predicted octanol–water partition coefficient (Wildman–Crippen LogP) is 5.24. The molecular formula is C25H18Cl2FN3O4. The van der Waals surface area contributed by atoms with E-state index in [1.807, 2.05) is 0 Å². The van der Waals surface area contributed by atoms with Crippen LogP contribution in [0.2, 0.25) is 10.0 Å². The smallest absolute Gasteiger partial charge is 0.329 e. The third kappa shape index (κ3) is 5.79. The van der Waals surface area contributed by atoms with Crippen LogP contribution in [-0.4, -0.2) is 29.3 Å². The molecule has 2 N–H and O–H groups in total. The number of halogens is 3. The lowest BCUT2D eigenvalue weighted by Crippen LogP contribution is -2.38. The topological polar surface area (TPSA) is 87.7 Å². The molecule has 4 amide bonds. The van der Waals surface area contributed by atoms with E-state index < -0.39 is 30.2 Å². The second kappa shape index (κ2) is 10.6. The Balaban J connectivity index is 1.46. The first kappa shape index (κ1) is 24.3. The zero-order chi connectivity index (χ0) is 24.9. The molecule has 3 aromatic rings. The molecule has 1 fully saturated rings. The van der Waals surface area contributed by atoms with Crippen LogP contribution in [0.4, 0.5) is 14.9 Å². The highest BCUT2D eigenvalue weighted by Crippen LogP contribution is 2.26. The Morgan fingerprint density at radius 1 is 1.03 bits per heavy atom. The monoisotopic (exact) mass is 513 g/mol.